The molecule has 1 aromatic rings. The van der Waals surface area contributed by atoms with Gasteiger partial charge in [-0.15, -0.1) is 11.8 Å². The number of benzene rings is 1. The average Bonchev–Trinajstić information content (AvgIpc) is 2.46. The van der Waals surface area contributed by atoms with Gasteiger partial charge < -0.3 is 5.73 Å². The molecule has 3 heteroatoms. The molecule has 1 aliphatic rings. The van der Waals surface area contributed by atoms with E-state index in [4.69, 9.17) is 5.73 Å². The summed E-state index contributed by atoms with van der Waals surface area (Å²) in [6.45, 7) is 9.81. The van der Waals surface area contributed by atoms with Crippen LogP contribution >= 0.6 is 11.8 Å². The lowest BCUT2D eigenvalue weighted by atomic mass is 9.91. The van der Waals surface area contributed by atoms with Gasteiger partial charge in [-0.2, -0.15) is 0 Å². The van der Waals surface area contributed by atoms with Crippen molar-refractivity contribution in [3.63, 3.8) is 0 Å². The Morgan fingerprint density at radius 2 is 2.10 bits per heavy atom. The summed E-state index contributed by atoms with van der Waals surface area (Å²) in [5.74, 6) is 1.23. The van der Waals surface area contributed by atoms with Crippen molar-refractivity contribution in [1.29, 1.82) is 0 Å². The lowest BCUT2D eigenvalue weighted by molar-refractivity contribution is 0.127. The van der Waals surface area contributed by atoms with Gasteiger partial charge in [0.25, 0.3) is 0 Å². The van der Waals surface area contributed by atoms with Gasteiger partial charge in [0.15, 0.2) is 0 Å². The fourth-order valence-electron chi connectivity index (χ4n) is 2.95. The number of thioether (sulfide) groups is 1. The van der Waals surface area contributed by atoms with Crippen LogP contribution in [0.3, 0.4) is 0 Å². The van der Waals surface area contributed by atoms with Crippen LogP contribution in [0.1, 0.15) is 45.2 Å². The van der Waals surface area contributed by atoms with Gasteiger partial charge >= 0.3 is 0 Å². The average molecular weight is 292 g/mol. The van der Waals surface area contributed by atoms with Gasteiger partial charge in [0.05, 0.1) is 0 Å². The Balaban J connectivity index is 2.22. The Hall–Kier alpha value is -0.510. The van der Waals surface area contributed by atoms with E-state index in [2.05, 4.69) is 49.9 Å². The van der Waals surface area contributed by atoms with Crippen LogP contribution in [0.5, 0.6) is 0 Å². The first-order valence-electron chi connectivity index (χ1n) is 7.73. The van der Waals surface area contributed by atoms with Crippen LogP contribution in [0.4, 0.5) is 0 Å². The second kappa shape index (κ2) is 6.97. The van der Waals surface area contributed by atoms with Gasteiger partial charge in [-0.25, -0.2) is 0 Å². The minimum atomic E-state index is 0.189. The van der Waals surface area contributed by atoms with Crippen LogP contribution < -0.4 is 5.73 Å². The third-order valence-corrected chi connectivity index (χ3v) is 5.18. The second-order valence-electron chi connectivity index (χ2n) is 6.53. The van der Waals surface area contributed by atoms with Crippen molar-refractivity contribution in [1.82, 2.24) is 4.90 Å². The maximum atomic E-state index is 5.94. The molecule has 1 heterocycles. The third kappa shape index (κ3) is 3.78. The summed E-state index contributed by atoms with van der Waals surface area (Å²) in [4.78, 5) is 4.13. The van der Waals surface area contributed by atoms with E-state index in [0.29, 0.717) is 6.04 Å². The summed E-state index contributed by atoms with van der Waals surface area (Å²) in [7, 11) is 0. The minimum Gasteiger partial charge on any atom is -0.330 e. The van der Waals surface area contributed by atoms with Crippen LogP contribution in [-0.4, -0.2) is 30.3 Å². The summed E-state index contributed by atoms with van der Waals surface area (Å²) in [5.41, 5.74) is 7.65. The summed E-state index contributed by atoms with van der Waals surface area (Å²) in [5, 5.41) is 0. The monoisotopic (exact) mass is 292 g/mol. The zero-order valence-electron chi connectivity index (χ0n) is 13.1. The van der Waals surface area contributed by atoms with Gasteiger partial charge in [0.1, 0.15) is 0 Å². The number of fused-ring (bicyclic) bond motifs is 1. The van der Waals surface area contributed by atoms with Crippen molar-refractivity contribution >= 4 is 11.8 Å². The van der Waals surface area contributed by atoms with Gasteiger partial charge in [-0.05, 0) is 48.7 Å². The molecule has 112 valence electrons. The van der Waals surface area contributed by atoms with Crippen LogP contribution in [0, 0.1) is 5.41 Å². The van der Waals surface area contributed by atoms with E-state index in [0.717, 1.165) is 19.6 Å². The van der Waals surface area contributed by atoms with Gasteiger partial charge in [0, 0.05) is 17.5 Å². The molecule has 1 aromatic carbocycles. The van der Waals surface area contributed by atoms with Crippen molar-refractivity contribution in [3.05, 3.63) is 29.8 Å². The van der Waals surface area contributed by atoms with Crippen molar-refractivity contribution in [2.75, 3.05) is 25.4 Å². The molecular weight excluding hydrogens is 264 g/mol. The predicted molar refractivity (Wildman–Crippen MR) is 89.2 cm³/mol. The normalized spacial score (nSPS) is 19.1. The SMILES string of the molecule is CCCN(CC(C)(C)CN)C1CCSc2ccccc21. The molecule has 0 saturated carbocycles. The second-order valence-corrected chi connectivity index (χ2v) is 7.67. The molecule has 1 unspecified atom stereocenters. The first-order valence-corrected chi connectivity index (χ1v) is 8.72. The zero-order valence-corrected chi connectivity index (χ0v) is 13.9. The van der Waals surface area contributed by atoms with E-state index >= 15 is 0 Å². The Morgan fingerprint density at radius 3 is 2.80 bits per heavy atom. The van der Waals surface area contributed by atoms with E-state index in [9.17, 15) is 0 Å². The highest BCUT2D eigenvalue weighted by Crippen LogP contribution is 2.40. The predicted octanol–water partition coefficient (Wildman–Crippen LogP) is 3.92. The number of hydrogen-bond acceptors (Lipinski definition) is 3. The number of nitrogens with zero attached hydrogens (tertiary/aromatic N) is 1. The highest BCUT2D eigenvalue weighted by atomic mass is 32.2. The molecule has 0 radical (unpaired) electrons. The zero-order chi connectivity index (χ0) is 14.6. The number of nitrogens with two attached hydrogens (primary N) is 1. The molecular formula is C17H28N2S. The van der Waals surface area contributed by atoms with Crippen LogP contribution in [-0.2, 0) is 0 Å². The standard InChI is InChI=1S/C17H28N2S/c1-4-10-19(13-17(2,3)12-18)15-9-11-20-16-8-6-5-7-14(15)16/h5-8,15H,4,9-13,18H2,1-3H3. The van der Waals surface area contributed by atoms with E-state index in [1.807, 2.05) is 11.8 Å². The summed E-state index contributed by atoms with van der Waals surface area (Å²) < 4.78 is 0. The molecule has 0 saturated heterocycles. The summed E-state index contributed by atoms with van der Waals surface area (Å²) >= 11 is 2.00. The maximum Gasteiger partial charge on any atom is 0.0367 e. The molecule has 1 atom stereocenters. The van der Waals surface area contributed by atoms with E-state index in [-0.39, 0.29) is 5.41 Å². The fraction of sp³-hybridized carbons (Fsp3) is 0.647. The highest BCUT2D eigenvalue weighted by Gasteiger charge is 2.29. The van der Waals surface area contributed by atoms with E-state index in [1.165, 1.54) is 29.1 Å². The van der Waals surface area contributed by atoms with Crippen molar-refractivity contribution < 1.29 is 0 Å². The molecule has 0 fully saturated rings. The van der Waals surface area contributed by atoms with Crippen LogP contribution in [0.15, 0.2) is 29.2 Å². The van der Waals surface area contributed by atoms with Gasteiger partial charge in [-0.1, -0.05) is 39.0 Å². The molecule has 0 bridgehead atoms. The molecule has 1 aliphatic heterocycles. The lowest BCUT2D eigenvalue weighted by Gasteiger charge is -2.39. The minimum absolute atomic E-state index is 0.189. The molecule has 20 heavy (non-hydrogen) atoms. The largest absolute Gasteiger partial charge is 0.330 e. The molecule has 0 aliphatic carbocycles. The van der Waals surface area contributed by atoms with Crippen LogP contribution in [0.2, 0.25) is 0 Å². The summed E-state index contributed by atoms with van der Waals surface area (Å²) in [6.07, 6.45) is 2.45. The molecule has 0 spiro atoms. The van der Waals surface area contributed by atoms with Crippen molar-refractivity contribution in [2.24, 2.45) is 11.1 Å². The fourth-order valence-corrected chi connectivity index (χ4v) is 4.06. The molecule has 2 nitrogen and oxygen atoms in total. The van der Waals surface area contributed by atoms with E-state index < -0.39 is 0 Å². The first kappa shape index (κ1) is 15.9. The number of hydrogen-bond donors (Lipinski definition) is 1. The number of rotatable bonds is 6. The maximum absolute atomic E-state index is 5.94. The van der Waals surface area contributed by atoms with Crippen molar-refractivity contribution in [3.8, 4) is 0 Å². The highest BCUT2D eigenvalue weighted by molar-refractivity contribution is 7.99. The Bertz CT molecular complexity index is 431. The topological polar surface area (TPSA) is 29.3 Å². The Kier molecular flexibility index (Phi) is 5.53. The van der Waals surface area contributed by atoms with E-state index in [1.54, 1.807) is 0 Å². The molecule has 0 amide bonds. The Morgan fingerprint density at radius 1 is 1.35 bits per heavy atom. The molecule has 2 N–H and O–H groups in total. The van der Waals surface area contributed by atoms with Crippen LogP contribution in [0.25, 0.3) is 0 Å². The third-order valence-electron chi connectivity index (χ3n) is 4.06. The lowest BCUT2D eigenvalue weighted by Crippen LogP contribution is -2.41. The van der Waals surface area contributed by atoms with Crippen molar-refractivity contribution in [2.45, 2.75) is 44.6 Å². The first-order chi connectivity index (χ1) is 9.57. The smallest absolute Gasteiger partial charge is 0.0367 e. The summed E-state index contributed by atoms with van der Waals surface area (Å²) in [6, 6.07) is 9.48. The molecule has 2 rings (SSSR count). The molecule has 0 aromatic heterocycles. The quantitative estimate of drug-likeness (QED) is 0.861. The van der Waals surface area contributed by atoms with Gasteiger partial charge in [-0.3, -0.25) is 4.90 Å². The Labute approximate surface area is 128 Å². The van der Waals surface area contributed by atoms with Gasteiger partial charge in [0.2, 0.25) is 0 Å².